The number of hydrogen-bond acceptors (Lipinski definition) is 13. The Kier molecular flexibility index (Phi) is 21.5. The lowest BCUT2D eigenvalue weighted by atomic mass is 9.79. The first-order chi connectivity index (χ1) is 40.3. The number of fused-ring (bicyclic) bond motifs is 3. The van der Waals surface area contributed by atoms with Gasteiger partial charge in [-0.2, -0.15) is 11.8 Å². The number of aromatic amines is 1. The maximum Gasteiger partial charge on any atom is 0.315 e. The van der Waals surface area contributed by atoms with Crippen molar-refractivity contribution in [3.63, 3.8) is 0 Å². The number of amides is 10. The van der Waals surface area contributed by atoms with Gasteiger partial charge in [-0.25, -0.2) is 4.79 Å². The Hall–Kier alpha value is -7.54. The minimum Gasteiger partial charge on any atom is -0.368 e. The molecule has 0 saturated carbocycles. The second kappa shape index (κ2) is 28.8. The number of unbranched alkanes of at least 4 members (excludes halogenated alkanes) is 3. The van der Waals surface area contributed by atoms with Gasteiger partial charge in [0, 0.05) is 92.2 Å². The van der Waals surface area contributed by atoms with Gasteiger partial charge in [-0.15, -0.1) is 0 Å². The van der Waals surface area contributed by atoms with E-state index in [1.165, 1.54) is 41.7 Å². The predicted molar refractivity (Wildman–Crippen MR) is 317 cm³/mol. The summed E-state index contributed by atoms with van der Waals surface area (Å²) in [5.74, 6) is -3.67. The second-order valence-corrected chi connectivity index (χ2v) is 24.5. The van der Waals surface area contributed by atoms with Crippen LogP contribution in [0.3, 0.4) is 0 Å². The Balaban J connectivity index is 0.794. The third-order valence-electron chi connectivity index (χ3n) is 16.8. The lowest BCUT2D eigenvalue weighted by Crippen LogP contribution is -2.59. The largest absolute Gasteiger partial charge is 0.368 e. The van der Waals surface area contributed by atoms with Crippen LogP contribution in [0.2, 0.25) is 0 Å². The van der Waals surface area contributed by atoms with Crippen molar-refractivity contribution in [2.24, 2.45) is 17.6 Å². The minimum absolute atomic E-state index is 0.0520. The lowest BCUT2D eigenvalue weighted by molar-refractivity contribution is -0.384. The standard InChI is InChI=1S/C59H81N13O11S/c1-33(2)51(68-54(76)37-28-40-39-13-11-16-41-50(39)36(30-63-41)29-47(40)70(4)31-37)57(79)66-44(27-35-20-22-38(23-21-35)72(82)83)58(80)71-26-12-17-46(71)56(78)62-25-10-8-15-43(64-34(3)73)55(77)61-24-9-7-14-42(53(60)75)65-49(74)19-6-5-18-48-52-45(32-84-48)67-59(81)69-52/h11,13,16,20-23,28,30,33,37,42-48,51-52,63H,5-10,12,14-15,17-19,24-27,29,31-32H2,1-4H3,(H2,60,75)(H,61,77)(H,62,78)(H,64,73)(H,65,74)(H,66,79)(H,68,76)(H2,67,69,81)/t37-,42+,43+,44+,45-,46+,47-,48-,51+,52-/m1/s1. The molecule has 10 atom stereocenters. The molecule has 5 heterocycles. The summed E-state index contributed by atoms with van der Waals surface area (Å²) in [7, 11) is 1.99. The number of likely N-dealkylation sites (N-methyl/N-ethyl adjacent to an activating group) is 1. The van der Waals surface area contributed by atoms with Crippen molar-refractivity contribution in [3.05, 3.63) is 81.5 Å². The monoisotopic (exact) mass is 1180 g/mol. The fourth-order valence-electron chi connectivity index (χ4n) is 12.3. The minimum atomic E-state index is -1.21. The van der Waals surface area contributed by atoms with Crippen LogP contribution in [0.15, 0.2) is 54.7 Å². The smallest absolute Gasteiger partial charge is 0.315 e. The Morgan fingerprint density at radius 3 is 2.30 bits per heavy atom. The molecule has 24 nitrogen and oxygen atoms in total. The van der Waals surface area contributed by atoms with Crippen LogP contribution in [0.1, 0.15) is 115 Å². The van der Waals surface area contributed by atoms with Crippen molar-refractivity contribution in [1.29, 1.82) is 0 Å². The van der Waals surface area contributed by atoms with Crippen LogP contribution in [0.5, 0.6) is 0 Å². The molecule has 2 aromatic carbocycles. The van der Waals surface area contributed by atoms with Crippen molar-refractivity contribution in [2.45, 2.75) is 164 Å². The van der Waals surface area contributed by atoms with E-state index in [-0.39, 0.29) is 87.0 Å². The number of nitrogens with one attached hydrogen (secondary N) is 9. The number of rotatable bonds is 29. The Bertz CT molecular complexity index is 2970. The number of benzene rings is 2. The summed E-state index contributed by atoms with van der Waals surface area (Å²) in [6.07, 6.45) is 10.6. The third kappa shape index (κ3) is 15.8. The van der Waals surface area contributed by atoms with Gasteiger partial charge >= 0.3 is 6.03 Å². The summed E-state index contributed by atoms with van der Waals surface area (Å²) < 4.78 is 0. The predicted octanol–water partition coefficient (Wildman–Crippen LogP) is 2.58. The summed E-state index contributed by atoms with van der Waals surface area (Å²) in [5.41, 5.74) is 10.4. The molecule has 4 aliphatic heterocycles. The number of carbonyl (C=O) groups excluding carboxylic acids is 9. The van der Waals surface area contributed by atoms with E-state index in [0.717, 1.165) is 47.1 Å². The highest BCUT2D eigenvalue weighted by atomic mass is 32.2. The quantitative estimate of drug-likeness (QED) is 0.0207. The topological polar surface area (TPSA) is 341 Å². The number of aromatic nitrogens is 1. The molecule has 11 N–H and O–H groups in total. The van der Waals surface area contributed by atoms with Gasteiger partial charge in [-0.3, -0.25) is 53.4 Å². The van der Waals surface area contributed by atoms with Crippen LogP contribution < -0.4 is 48.3 Å². The molecule has 0 unspecified atom stereocenters. The molecule has 10 amide bonds. The normalized spacial score (nSPS) is 22.0. The molecule has 454 valence electrons. The number of likely N-dealkylation sites (tertiary alicyclic amines) is 1. The number of thioether (sulfide) groups is 1. The fourth-order valence-corrected chi connectivity index (χ4v) is 13.9. The number of nitrogens with zero attached hydrogens (tertiary/aromatic N) is 3. The van der Waals surface area contributed by atoms with E-state index in [1.54, 1.807) is 13.8 Å². The van der Waals surface area contributed by atoms with Crippen LogP contribution in [0.4, 0.5) is 10.5 Å². The maximum atomic E-state index is 14.7. The number of nitro groups is 1. The van der Waals surface area contributed by atoms with Crippen LogP contribution >= 0.6 is 11.8 Å². The van der Waals surface area contributed by atoms with Crippen molar-refractivity contribution in [1.82, 2.24) is 57.3 Å². The SMILES string of the molecule is CC(=O)N[C@@H](CCCCNC(=O)[C@@H]1CCCN1C(=O)[C@H](Cc1ccc([N+](=O)[O-])cc1)NC(=O)[C@@H](NC(=O)[C@@H]1C=C2c3cccc4[nH]cc(c34)C[C@H]2N(C)C1)C(C)C)C(=O)NCCCC[C@H](NC(=O)CCCC[C@H]1SC[C@H]2NC(=O)N[C@H]21)C(N)=O. The van der Waals surface area contributed by atoms with Gasteiger partial charge in [0.1, 0.15) is 30.2 Å². The number of urea groups is 1. The molecule has 3 aromatic rings. The van der Waals surface area contributed by atoms with E-state index >= 15 is 0 Å². The Morgan fingerprint density at radius 2 is 1.58 bits per heavy atom. The van der Waals surface area contributed by atoms with Gasteiger partial charge in [0.05, 0.1) is 22.9 Å². The molecule has 3 fully saturated rings. The zero-order valence-corrected chi connectivity index (χ0v) is 49.1. The molecular formula is C59H81N13O11S. The summed E-state index contributed by atoms with van der Waals surface area (Å²) in [5, 5.41) is 35.9. The van der Waals surface area contributed by atoms with Crippen LogP contribution in [0, 0.1) is 22.0 Å². The molecule has 1 aromatic heterocycles. The molecule has 0 spiro atoms. The van der Waals surface area contributed by atoms with Gasteiger partial charge in [-0.05, 0) is 112 Å². The highest BCUT2D eigenvalue weighted by molar-refractivity contribution is 8.00. The van der Waals surface area contributed by atoms with Gasteiger partial charge in [0.25, 0.3) is 5.69 Å². The highest BCUT2D eigenvalue weighted by Crippen LogP contribution is 2.41. The van der Waals surface area contributed by atoms with Crippen LogP contribution in [0.25, 0.3) is 16.5 Å². The Labute approximate surface area is 493 Å². The highest BCUT2D eigenvalue weighted by Gasteiger charge is 2.43. The summed E-state index contributed by atoms with van der Waals surface area (Å²) >= 11 is 1.81. The van der Waals surface area contributed by atoms with E-state index in [9.17, 15) is 53.3 Å². The van der Waals surface area contributed by atoms with E-state index in [1.807, 2.05) is 43.2 Å². The molecule has 25 heteroatoms. The van der Waals surface area contributed by atoms with Crippen LogP contribution in [-0.4, -0.2) is 166 Å². The number of nitro benzene ring substituents is 1. The fraction of sp³-hybridized carbons (Fsp3) is 0.576. The average molecular weight is 1180 g/mol. The molecule has 0 bridgehead atoms. The van der Waals surface area contributed by atoms with Crippen molar-refractivity contribution >= 4 is 87.2 Å². The number of hydrogen-bond donors (Lipinski definition) is 10. The van der Waals surface area contributed by atoms with E-state index in [0.29, 0.717) is 62.3 Å². The average Bonchev–Trinajstić information content (AvgIpc) is 2.92. The molecule has 3 saturated heterocycles. The van der Waals surface area contributed by atoms with Gasteiger partial charge in [0.15, 0.2) is 0 Å². The van der Waals surface area contributed by atoms with E-state index < -0.39 is 82.4 Å². The summed E-state index contributed by atoms with van der Waals surface area (Å²) in [6.45, 7) is 6.03. The van der Waals surface area contributed by atoms with Crippen molar-refractivity contribution in [3.8, 4) is 0 Å². The van der Waals surface area contributed by atoms with Gasteiger partial charge < -0.3 is 58.2 Å². The number of H-pyrrole nitrogens is 1. The molecule has 5 aliphatic rings. The molecule has 0 radical (unpaired) electrons. The zero-order chi connectivity index (χ0) is 60.2. The van der Waals surface area contributed by atoms with Crippen molar-refractivity contribution in [2.75, 3.05) is 39.0 Å². The lowest BCUT2D eigenvalue weighted by Gasteiger charge is -2.39. The summed E-state index contributed by atoms with van der Waals surface area (Å²) in [6, 6.07) is 7.12. The first kappa shape index (κ1) is 62.5. The molecule has 8 rings (SSSR count). The van der Waals surface area contributed by atoms with Crippen LogP contribution in [-0.2, 0) is 51.2 Å². The Morgan fingerprint density at radius 1 is 0.845 bits per heavy atom. The van der Waals surface area contributed by atoms with E-state index in [2.05, 4.69) is 58.5 Å². The molecular weight excluding hydrogens is 1100 g/mol. The second-order valence-electron chi connectivity index (χ2n) is 23.3. The van der Waals surface area contributed by atoms with Gasteiger partial charge in [-0.1, -0.05) is 50.6 Å². The first-order valence-electron chi connectivity index (χ1n) is 29.5. The number of carbonyl (C=O) groups is 9. The summed E-state index contributed by atoms with van der Waals surface area (Å²) in [4.78, 5) is 137. The van der Waals surface area contributed by atoms with E-state index in [4.69, 9.17) is 5.73 Å². The number of nitrogens with two attached hydrogens (primary N) is 1. The maximum absolute atomic E-state index is 14.7. The van der Waals surface area contributed by atoms with Crippen molar-refractivity contribution < 1.29 is 48.1 Å². The number of primary amides is 1. The molecule has 1 aliphatic carbocycles. The molecule has 84 heavy (non-hydrogen) atoms. The first-order valence-corrected chi connectivity index (χ1v) is 30.6. The number of non-ortho nitro benzene ring substituents is 1. The zero-order valence-electron chi connectivity index (χ0n) is 48.3. The third-order valence-corrected chi connectivity index (χ3v) is 18.3. The van der Waals surface area contributed by atoms with Gasteiger partial charge in [0.2, 0.25) is 47.3 Å².